The number of aliphatic hydroxyl groups excluding tert-OH is 1. The summed E-state index contributed by atoms with van der Waals surface area (Å²) >= 11 is 0. The molecule has 0 aliphatic carbocycles. The number of hydroxylamine groups is 2. The molecule has 0 bridgehead atoms. The Hall–Kier alpha value is -3.39. The quantitative estimate of drug-likeness (QED) is 0.277. The fourth-order valence-corrected chi connectivity index (χ4v) is 6.05. The van der Waals surface area contributed by atoms with Crippen molar-refractivity contribution in [1.29, 1.82) is 0 Å². The summed E-state index contributed by atoms with van der Waals surface area (Å²) < 4.78 is 41.5. The number of carbonyl (C=O) groups excluding carboxylic acids is 4. The molecule has 2 fully saturated rings. The molecule has 0 radical (unpaired) electrons. The van der Waals surface area contributed by atoms with Crippen molar-refractivity contribution in [3.8, 4) is 0 Å². The lowest BCUT2D eigenvalue weighted by molar-refractivity contribution is -0.244. The normalized spacial score (nSPS) is 19.8. The van der Waals surface area contributed by atoms with Crippen molar-refractivity contribution in [2.24, 2.45) is 5.92 Å². The number of urea groups is 1. The molecular weight excluding hydrogens is 607 g/mol. The Morgan fingerprint density at radius 1 is 1.07 bits per heavy atom. The van der Waals surface area contributed by atoms with Crippen LogP contribution in [0.4, 0.5) is 18.0 Å². The van der Waals surface area contributed by atoms with E-state index in [9.17, 15) is 37.5 Å². The van der Waals surface area contributed by atoms with Crippen LogP contribution in [0.1, 0.15) is 72.8 Å². The van der Waals surface area contributed by atoms with Gasteiger partial charge < -0.3 is 25.1 Å². The van der Waals surface area contributed by atoms with Gasteiger partial charge in [-0.3, -0.25) is 19.2 Å². The van der Waals surface area contributed by atoms with E-state index < -0.39 is 48.1 Å². The standard InChI is InChI=1S/C32H48F3N5O6/c1-21(2)27(36-30(45)37-17-14-24(15-18-37)40(22(3)42)46-31(4,5)6)29(44)38-16-10-13-26(38)39(20-41)25(28(43)32(33,34)35)19-23-11-8-7-9-12-23/h7-9,11-12,20-21,24-28,43H,10,13-19H2,1-6H3,(H,36,45)/t25-,26+,27-,28-/m0/s1. The van der Waals surface area contributed by atoms with Crippen LogP contribution in [0.3, 0.4) is 0 Å². The molecule has 0 spiro atoms. The van der Waals surface area contributed by atoms with Gasteiger partial charge in [-0.05, 0) is 64.4 Å². The zero-order chi connectivity index (χ0) is 34.4. The Morgan fingerprint density at radius 3 is 2.17 bits per heavy atom. The van der Waals surface area contributed by atoms with Crippen LogP contribution in [0, 0.1) is 5.92 Å². The number of nitrogens with zero attached hydrogens (tertiary/aromatic N) is 4. The highest BCUT2D eigenvalue weighted by Crippen LogP contribution is 2.31. The summed E-state index contributed by atoms with van der Waals surface area (Å²) in [5, 5.41) is 14.5. The maximum atomic E-state index is 13.9. The fourth-order valence-electron chi connectivity index (χ4n) is 6.05. The van der Waals surface area contributed by atoms with Gasteiger partial charge in [0.15, 0.2) is 6.10 Å². The predicted molar refractivity (Wildman–Crippen MR) is 164 cm³/mol. The van der Waals surface area contributed by atoms with Gasteiger partial charge in [0.2, 0.25) is 18.2 Å². The Bertz CT molecular complexity index is 1190. The summed E-state index contributed by atoms with van der Waals surface area (Å²) in [5.41, 5.74) is -0.0874. The lowest BCUT2D eigenvalue weighted by Crippen LogP contribution is -2.61. The molecule has 1 aromatic carbocycles. The molecule has 4 atom stereocenters. The Kier molecular flexibility index (Phi) is 12.5. The van der Waals surface area contributed by atoms with Crippen molar-refractivity contribution in [3.05, 3.63) is 35.9 Å². The number of halogens is 3. The van der Waals surface area contributed by atoms with Crippen LogP contribution in [0.15, 0.2) is 30.3 Å². The van der Waals surface area contributed by atoms with E-state index in [0.717, 1.165) is 4.90 Å². The van der Waals surface area contributed by atoms with Crippen LogP contribution in [-0.4, -0.2) is 111 Å². The minimum Gasteiger partial charge on any atom is -0.382 e. The molecule has 2 saturated heterocycles. The third-order valence-electron chi connectivity index (χ3n) is 8.32. The van der Waals surface area contributed by atoms with Gasteiger partial charge in [-0.15, -0.1) is 0 Å². The first kappa shape index (κ1) is 37.1. The highest BCUT2D eigenvalue weighted by atomic mass is 19.4. The van der Waals surface area contributed by atoms with E-state index in [1.54, 1.807) is 49.1 Å². The topological polar surface area (TPSA) is 123 Å². The zero-order valence-corrected chi connectivity index (χ0v) is 27.5. The van der Waals surface area contributed by atoms with Gasteiger partial charge in [0, 0.05) is 26.6 Å². The molecule has 0 unspecified atom stereocenters. The highest BCUT2D eigenvalue weighted by Gasteiger charge is 2.49. The smallest absolute Gasteiger partial charge is 0.382 e. The fraction of sp³-hybridized carbons (Fsp3) is 0.688. The highest BCUT2D eigenvalue weighted by molar-refractivity contribution is 5.88. The second-order valence-corrected chi connectivity index (χ2v) is 13.4. The Morgan fingerprint density at radius 2 is 1.67 bits per heavy atom. The Labute approximate surface area is 269 Å². The number of likely N-dealkylation sites (tertiary alicyclic amines) is 2. The molecule has 14 heteroatoms. The van der Waals surface area contributed by atoms with Gasteiger partial charge >= 0.3 is 12.2 Å². The van der Waals surface area contributed by atoms with Crippen molar-refractivity contribution in [3.63, 3.8) is 0 Å². The molecule has 0 saturated carbocycles. The monoisotopic (exact) mass is 655 g/mol. The van der Waals surface area contributed by atoms with E-state index in [0.29, 0.717) is 37.9 Å². The number of aliphatic hydroxyl groups is 1. The summed E-state index contributed by atoms with van der Waals surface area (Å²) in [5.74, 6) is -1.13. The third kappa shape index (κ3) is 9.57. The first-order valence-electron chi connectivity index (χ1n) is 15.8. The number of hydrogen-bond donors (Lipinski definition) is 2. The van der Waals surface area contributed by atoms with Crippen LogP contribution < -0.4 is 5.32 Å². The zero-order valence-electron chi connectivity index (χ0n) is 27.5. The molecule has 46 heavy (non-hydrogen) atoms. The average Bonchev–Trinajstić information content (AvgIpc) is 3.47. The van der Waals surface area contributed by atoms with Crippen LogP contribution >= 0.6 is 0 Å². The average molecular weight is 656 g/mol. The maximum absolute atomic E-state index is 13.9. The number of piperidine rings is 1. The first-order valence-corrected chi connectivity index (χ1v) is 15.8. The largest absolute Gasteiger partial charge is 0.416 e. The molecule has 3 rings (SSSR count). The van der Waals surface area contributed by atoms with E-state index in [-0.39, 0.29) is 43.7 Å². The second-order valence-electron chi connectivity index (χ2n) is 13.4. The van der Waals surface area contributed by atoms with Gasteiger partial charge in [-0.2, -0.15) is 13.2 Å². The van der Waals surface area contributed by atoms with Crippen LogP contribution in [0.2, 0.25) is 0 Å². The van der Waals surface area contributed by atoms with E-state index >= 15 is 0 Å². The van der Waals surface area contributed by atoms with Crippen molar-refractivity contribution >= 4 is 24.3 Å². The molecule has 2 N–H and O–H groups in total. The second kappa shape index (κ2) is 15.5. The number of carbonyl (C=O) groups is 4. The molecule has 2 aliphatic rings. The molecular formula is C32H48F3N5O6. The van der Waals surface area contributed by atoms with Gasteiger partial charge in [0.25, 0.3) is 0 Å². The number of amides is 5. The molecule has 2 aliphatic heterocycles. The number of benzene rings is 1. The summed E-state index contributed by atoms with van der Waals surface area (Å²) in [6, 6.07) is 4.84. The van der Waals surface area contributed by atoms with Crippen molar-refractivity contribution in [2.45, 2.75) is 116 Å². The minimum absolute atomic E-state index is 0.174. The van der Waals surface area contributed by atoms with E-state index in [2.05, 4.69) is 5.32 Å². The van der Waals surface area contributed by atoms with Gasteiger partial charge in [0.05, 0.1) is 17.7 Å². The number of rotatable bonds is 11. The summed E-state index contributed by atoms with van der Waals surface area (Å²) in [7, 11) is 0. The van der Waals surface area contributed by atoms with Gasteiger partial charge in [0.1, 0.15) is 12.2 Å². The predicted octanol–water partition coefficient (Wildman–Crippen LogP) is 3.71. The van der Waals surface area contributed by atoms with Crippen molar-refractivity contribution in [2.75, 3.05) is 19.6 Å². The van der Waals surface area contributed by atoms with E-state index in [1.807, 2.05) is 20.8 Å². The summed E-state index contributed by atoms with van der Waals surface area (Å²) in [6.45, 7) is 11.3. The number of nitrogens with one attached hydrogen (secondary N) is 1. The van der Waals surface area contributed by atoms with Gasteiger partial charge in [-0.1, -0.05) is 44.2 Å². The lowest BCUT2D eigenvalue weighted by Gasteiger charge is -2.42. The lowest BCUT2D eigenvalue weighted by atomic mass is 9.98. The van der Waals surface area contributed by atoms with Gasteiger partial charge in [-0.25, -0.2) is 9.86 Å². The summed E-state index contributed by atoms with van der Waals surface area (Å²) in [4.78, 5) is 61.6. The Balaban J connectivity index is 1.75. The van der Waals surface area contributed by atoms with E-state index in [1.165, 1.54) is 16.9 Å². The molecule has 11 nitrogen and oxygen atoms in total. The van der Waals surface area contributed by atoms with E-state index in [4.69, 9.17) is 4.84 Å². The number of hydrogen-bond acceptors (Lipinski definition) is 6. The van der Waals surface area contributed by atoms with Crippen LogP contribution in [-0.2, 0) is 25.6 Å². The summed E-state index contributed by atoms with van der Waals surface area (Å²) in [6.07, 6.45) is -7.31. The first-order chi connectivity index (χ1) is 21.4. The molecule has 258 valence electrons. The van der Waals surface area contributed by atoms with Crippen LogP contribution in [0.25, 0.3) is 0 Å². The van der Waals surface area contributed by atoms with Crippen molar-refractivity contribution < 1.29 is 42.3 Å². The minimum atomic E-state index is -5.00. The molecule has 0 aromatic heterocycles. The molecule has 2 heterocycles. The molecule has 5 amide bonds. The SMILES string of the molecule is CC(=O)N(OC(C)(C)C)C1CCN(C(=O)N[C@H](C(=O)N2CCC[C@H]2N(C=O)[C@@H](Cc2ccccc2)[C@H](O)C(F)(F)F)C(C)C)CC1. The van der Waals surface area contributed by atoms with Crippen LogP contribution in [0.5, 0.6) is 0 Å². The number of alkyl halides is 3. The maximum Gasteiger partial charge on any atom is 0.416 e. The third-order valence-corrected chi connectivity index (χ3v) is 8.32. The molecule has 1 aromatic rings. The van der Waals surface area contributed by atoms with Crippen molar-refractivity contribution in [1.82, 2.24) is 25.1 Å².